The van der Waals surface area contributed by atoms with E-state index >= 15 is 0 Å². The van der Waals surface area contributed by atoms with E-state index in [4.69, 9.17) is 27.9 Å². The zero-order chi connectivity index (χ0) is 20.1. The Bertz CT molecular complexity index is 851. The second-order valence-electron chi connectivity index (χ2n) is 6.28. The molecule has 0 saturated carbocycles. The first-order valence-electron chi connectivity index (χ1n) is 8.86. The van der Waals surface area contributed by atoms with Gasteiger partial charge in [-0.25, -0.2) is 4.79 Å². The van der Waals surface area contributed by atoms with E-state index in [-0.39, 0.29) is 23.9 Å². The number of rotatable bonds is 6. The average Bonchev–Trinajstić information content (AvgIpc) is 3.04. The Morgan fingerprint density at radius 1 is 1.29 bits per heavy atom. The third-order valence-electron chi connectivity index (χ3n) is 4.43. The maximum atomic E-state index is 12.6. The molecule has 0 radical (unpaired) electrons. The summed E-state index contributed by atoms with van der Waals surface area (Å²) in [5.41, 5.74) is 1.48. The van der Waals surface area contributed by atoms with Crippen LogP contribution in [0.4, 0.5) is 10.5 Å². The van der Waals surface area contributed by atoms with Crippen molar-refractivity contribution in [1.82, 2.24) is 4.90 Å². The molecule has 8 heteroatoms. The SMILES string of the molecule is CC[C@H](COC(=O)Nc1ccccc1)N1C(=O)CS[C@H]1c1ccc(Cl)cc1Cl. The van der Waals surface area contributed by atoms with Crippen LogP contribution >= 0.6 is 35.0 Å². The summed E-state index contributed by atoms with van der Waals surface area (Å²) < 4.78 is 5.39. The van der Waals surface area contributed by atoms with Gasteiger partial charge in [0.15, 0.2) is 0 Å². The summed E-state index contributed by atoms with van der Waals surface area (Å²) in [4.78, 5) is 26.4. The molecule has 1 fully saturated rings. The molecule has 0 bridgehead atoms. The van der Waals surface area contributed by atoms with Crippen LogP contribution in [0, 0.1) is 0 Å². The maximum Gasteiger partial charge on any atom is 0.411 e. The van der Waals surface area contributed by atoms with Crippen molar-refractivity contribution in [2.24, 2.45) is 0 Å². The van der Waals surface area contributed by atoms with E-state index in [0.29, 0.717) is 27.9 Å². The predicted octanol–water partition coefficient (Wildman–Crippen LogP) is 5.59. The summed E-state index contributed by atoms with van der Waals surface area (Å²) in [6.07, 6.45) is 0.0946. The van der Waals surface area contributed by atoms with E-state index < -0.39 is 6.09 Å². The van der Waals surface area contributed by atoms with Crippen LogP contribution in [-0.4, -0.2) is 35.3 Å². The highest BCUT2D eigenvalue weighted by atomic mass is 35.5. The van der Waals surface area contributed by atoms with Crippen molar-refractivity contribution in [1.29, 1.82) is 0 Å². The summed E-state index contributed by atoms with van der Waals surface area (Å²) in [6.45, 7) is 2.06. The monoisotopic (exact) mass is 438 g/mol. The van der Waals surface area contributed by atoms with Gasteiger partial charge in [0.05, 0.1) is 11.8 Å². The van der Waals surface area contributed by atoms with Crippen molar-refractivity contribution in [2.45, 2.75) is 24.8 Å². The first-order chi connectivity index (χ1) is 13.5. The van der Waals surface area contributed by atoms with E-state index in [2.05, 4.69) is 5.32 Å². The molecule has 2 aromatic rings. The van der Waals surface area contributed by atoms with Crippen LogP contribution in [0.2, 0.25) is 10.0 Å². The molecule has 2 aromatic carbocycles. The molecule has 148 valence electrons. The Balaban J connectivity index is 1.69. The van der Waals surface area contributed by atoms with Crippen molar-refractivity contribution in [2.75, 3.05) is 17.7 Å². The number of thioether (sulfide) groups is 1. The molecule has 1 aliphatic heterocycles. The van der Waals surface area contributed by atoms with Crippen molar-refractivity contribution in [3.8, 4) is 0 Å². The van der Waals surface area contributed by atoms with Crippen LogP contribution in [0.5, 0.6) is 0 Å². The molecule has 0 spiro atoms. The van der Waals surface area contributed by atoms with Crippen LogP contribution in [0.15, 0.2) is 48.5 Å². The van der Waals surface area contributed by atoms with Gasteiger partial charge < -0.3 is 9.64 Å². The Labute approximate surface area is 178 Å². The minimum absolute atomic E-state index is 0.0000609. The van der Waals surface area contributed by atoms with E-state index in [1.165, 1.54) is 11.8 Å². The van der Waals surface area contributed by atoms with Gasteiger partial charge in [-0.3, -0.25) is 10.1 Å². The van der Waals surface area contributed by atoms with Crippen molar-refractivity contribution in [3.05, 3.63) is 64.1 Å². The Morgan fingerprint density at radius 2 is 2.04 bits per heavy atom. The summed E-state index contributed by atoms with van der Waals surface area (Å²) in [6, 6.07) is 14.1. The zero-order valence-electron chi connectivity index (χ0n) is 15.2. The smallest absolute Gasteiger partial charge is 0.411 e. The average molecular weight is 439 g/mol. The topological polar surface area (TPSA) is 58.6 Å². The number of nitrogens with zero attached hydrogens (tertiary/aromatic N) is 1. The summed E-state index contributed by atoms with van der Waals surface area (Å²) >= 11 is 13.9. The van der Waals surface area contributed by atoms with E-state index in [1.54, 1.807) is 29.2 Å². The fourth-order valence-electron chi connectivity index (χ4n) is 3.01. The molecule has 2 amide bonds. The molecular formula is C20H20Cl2N2O3S. The molecule has 1 saturated heterocycles. The van der Waals surface area contributed by atoms with Gasteiger partial charge in [-0.1, -0.05) is 54.4 Å². The number of carbonyl (C=O) groups is 2. The van der Waals surface area contributed by atoms with E-state index in [9.17, 15) is 9.59 Å². The summed E-state index contributed by atoms with van der Waals surface area (Å²) in [5.74, 6) is 0.357. The lowest BCUT2D eigenvalue weighted by Gasteiger charge is -2.32. The molecule has 1 aliphatic rings. The number of nitrogens with one attached hydrogen (secondary N) is 1. The predicted molar refractivity (Wildman–Crippen MR) is 114 cm³/mol. The van der Waals surface area contributed by atoms with Crippen molar-refractivity contribution < 1.29 is 14.3 Å². The van der Waals surface area contributed by atoms with Gasteiger partial charge in [0.1, 0.15) is 12.0 Å². The van der Waals surface area contributed by atoms with Crippen LogP contribution < -0.4 is 5.32 Å². The van der Waals surface area contributed by atoms with Gasteiger partial charge >= 0.3 is 6.09 Å². The molecule has 5 nitrogen and oxygen atoms in total. The number of carbonyl (C=O) groups excluding carboxylic acids is 2. The molecule has 28 heavy (non-hydrogen) atoms. The largest absolute Gasteiger partial charge is 0.447 e. The van der Waals surface area contributed by atoms with Crippen molar-refractivity contribution >= 4 is 52.7 Å². The number of amides is 2. The van der Waals surface area contributed by atoms with Gasteiger partial charge in [0.2, 0.25) is 5.91 Å². The zero-order valence-corrected chi connectivity index (χ0v) is 17.6. The molecule has 3 rings (SSSR count). The van der Waals surface area contributed by atoms with Crippen LogP contribution in [0.25, 0.3) is 0 Å². The van der Waals surface area contributed by atoms with Gasteiger partial charge in [-0.15, -0.1) is 11.8 Å². The molecule has 0 aromatic heterocycles. The molecule has 2 atom stereocenters. The Kier molecular flexibility index (Phi) is 7.10. The standard InChI is InChI=1S/C20H20Cl2N2O3S/c1-2-15(11-27-20(26)23-14-6-4-3-5-7-14)24-18(25)12-28-19(24)16-9-8-13(21)10-17(16)22/h3-10,15,19H,2,11-12H2,1H3,(H,23,26)/t15-,19+/m1/s1. The normalized spacial score (nSPS) is 17.5. The maximum absolute atomic E-state index is 12.6. The number of anilines is 1. The van der Waals surface area contributed by atoms with Crippen LogP contribution in [-0.2, 0) is 9.53 Å². The number of hydrogen-bond acceptors (Lipinski definition) is 4. The fraction of sp³-hybridized carbons (Fsp3) is 0.300. The van der Waals surface area contributed by atoms with Gasteiger partial charge in [-0.05, 0) is 30.7 Å². The number of hydrogen-bond donors (Lipinski definition) is 1. The Hall–Kier alpha value is -1.89. The van der Waals surface area contributed by atoms with Crippen molar-refractivity contribution in [3.63, 3.8) is 0 Å². The molecule has 1 N–H and O–H groups in total. The first-order valence-corrected chi connectivity index (χ1v) is 10.7. The van der Waals surface area contributed by atoms with Gasteiger partial charge in [0.25, 0.3) is 0 Å². The highest BCUT2D eigenvalue weighted by molar-refractivity contribution is 8.00. The lowest BCUT2D eigenvalue weighted by atomic mass is 10.1. The number of halogens is 2. The highest BCUT2D eigenvalue weighted by Gasteiger charge is 2.38. The summed E-state index contributed by atoms with van der Waals surface area (Å²) in [5, 5.41) is 3.50. The Morgan fingerprint density at radius 3 is 2.71 bits per heavy atom. The molecule has 0 aliphatic carbocycles. The van der Waals surface area contributed by atoms with E-state index in [0.717, 1.165) is 5.56 Å². The lowest BCUT2D eigenvalue weighted by Crippen LogP contribution is -2.41. The quantitative estimate of drug-likeness (QED) is 0.637. The summed E-state index contributed by atoms with van der Waals surface area (Å²) in [7, 11) is 0. The van der Waals surface area contributed by atoms with Crippen LogP contribution in [0.3, 0.4) is 0 Å². The number of benzene rings is 2. The first kappa shape index (κ1) is 20.8. The third-order valence-corrected chi connectivity index (χ3v) is 6.20. The number of ether oxygens (including phenoxy) is 1. The minimum Gasteiger partial charge on any atom is -0.447 e. The molecule has 0 unspecified atom stereocenters. The lowest BCUT2D eigenvalue weighted by molar-refractivity contribution is -0.131. The van der Waals surface area contributed by atoms with E-state index in [1.807, 2.05) is 31.2 Å². The highest BCUT2D eigenvalue weighted by Crippen LogP contribution is 2.43. The minimum atomic E-state index is -0.551. The van der Waals surface area contributed by atoms with Crippen LogP contribution in [0.1, 0.15) is 24.3 Å². The molecular weight excluding hydrogens is 419 g/mol. The molecule has 1 heterocycles. The van der Waals surface area contributed by atoms with Gasteiger partial charge in [0, 0.05) is 21.3 Å². The third kappa shape index (κ3) is 4.93. The fourth-order valence-corrected chi connectivity index (χ4v) is 4.88. The second-order valence-corrected chi connectivity index (χ2v) is 8.19. The number of para-hydroxylation sites is 1. The van der Waals surface area contributed by atoms with Gasteiger partial charge in [-0.2, -0.15) is 0 Å². The second kappa shape index (κ2) is 9.54.